The lowest BCUT2D eigenvalue weighted by molar-refractivity contribution is -0.136. The molecular formula is C30H32ClN3O4S. The number of fused-ring (bicyclic) bond motifs is 1. The van der Waals surface area contributed by atoms with Crippen molar-refractivity contribution in [2.24, 2.45) is 0 Å². The molecule has 2 aromatic rings. The van der Waals surface area contributed by atoms with Gasteiger partial charge in [0.1, 0.15) is 6.04 Å². The highest BCUT2D eigenvalue weighted by molar-refractivity contribution is 8.00. The van der Waals surface area contributed by atoms with E-state index < -0.39 is 6.04 Å². The van der Waals surface area contributed by atoms with Gasteiger partial charge in [0.15, 0.2) is 0 Å². The lowest BCUT2D eigenvalue weighted by atomic mass is 9.87. The van der Waals surface area contributed by atoms with Crippen LogP contribution in [0.2, 0.25) is 5.02 Å². The van der Waals surface area contributed by atoms with Crippen molar-refractivity contribution in [3.8, 4) is 0 Å². The molecule has 7 nitrogen and oxygen atoms in total. The number of imide groups is 1. The number of carbonyl (C=O) groups excluding carboxylic acids is 3. The van der Waals surface area contributed by atoms with Gasteiger partial charge in [-0.2, -0.15) is 0 Å². The van der Waals surface area contributed by atoms with Gasteiger partial charge in [0.05, 0.1) is 12.2 Å². The smallest absolute Gasteiger partial charge is 0.255 e. The third-order valence-corrected chi connectivity index (χ3v) is 9.40. The van der Waals surface area contributed by atoms with Crippen molar-refractivity contribution in [2.45, 2.75) is 61.4 Å². The predicted octanol–water partition coefficient (Wildman–Crippen LogP) is 4.53. The summed E-state index contributed by atoms with van der Waals surface area (Å²) in [5.41, 5.74) is 5.34. The minimum Gasteiger partial charge on any atom is -0.371 e. The molecule has 1 unspecified atom stereocenters. The second kappa shape index (κ2) is 10.4. The Morgan fingerprint density at radius 1 is 1.10 bits per heavy atom. The maximum atomic E-state index is 13.0. The van der Waals surface area contributed by atoms with Gasteiger partial charge in [-0.05, 0) is 72.9 Å². The Morgan fingerprint density at radius 2 is 1.87 bits per heavy atom. The molecule has 1 atom stereocenters. The summed E-state index contributed by atoms with van der Waals surface area (Å²) in [4.78, 5) is 42.0. The van der Waals surface area contributed by atoms with Crippen LogP contribution in [0.15, 0.2) is 52.9 Å². The van der Waals surface area contributed by atoms with Gasteiger partial charge in [-0.15, -0.1) is 11.8 Å². The molecule has 2 fully saturated rings. The minimum absolute atomic E-state index is 0.131. The first kappa shape index (κ1) is 26.6. The Balaban J connectivity index is 1.08. The topological polar surface area (TPSA) is 79.0 Å². The monoisotopic (exact) mass is 565 g/mol. The zero-order valence-electron chi connectivity index (χ0n) is 22.2. The lowest BCUT2D eigenvalue weighted by Gasteiger charge is -2.42. The summed E-state index contributed by atoms with van der Waals surface area (Å²) >= 11 is 7.98. The summed E-state index contributed by atoms with van der Waals surface area (Å²) in [6.45, 7) is 8.21. The Bertz CT molecular complexity index is 1370. The van der Waals surface area contributed by atoms with E-state index in [0.29, 0.717) is 30.4 Å². The molecule has 9 heteroatoms. The van der Waals surface area contributed by atoms with E-state index in [1.54, 1.807) is 4.90 Å². The summed E-state index contributed by atoms with van der Waals surface area (Å²) in [6.07, 6.45) is 1.51. The van der Waals surface area contributed by atoms with Crippen LogP contribution in [0.1, 0.15) is 54.6 Å². The second-order valence-corrected chi connectivity index (χ2v) is 13.3. The largest absolute Gasteiger partial charge is 0.371 e. The van der Waals surface area contributed by atoms with Crippen LogP contribution >= 0.6 is 23.4 Å². The number of thioether (sulfide) groups is 1. The highest BCUT2D eigenvalue weighted by Gasteiger charge is 2.39. The number of amides is 3. The Hall–Kier alpha value is -2.65. The summed E-state index contributed by atoms with van der Waals surface area (Å²) in [5.74, 6) is -0.780. The molecule has 0 bridgehead atoms. The van der Waals surface area contributed by atoms with Crippen molar-refractivity contribution in [3.63, 3.8) is 0 Å². The second-order valence-electron chi connectivity index (χ2n) is 11.5. The van der Waals surface area contributed by atoms with Crippen LogP contribution in [0.4, 0.5) is 0 Å². The van der Waals surface area contributed by atoms with Gasteiger partial charge in [0.2, 0.25) is 11.8 Å². The molecule has 0 saturated carbocycles. The molecule has 6 rings (SSSR count). The van der Waals surface area contributed by atoms with Crippen LogP contribution in [-0.2, 0) is 20.9 Å². The Labute approximate surface area is 237 Å². The highest BCUT2D eigenvalue weighted by atomic mass is 35.5. The number of carbonyl (C=O) groups is 3. The molecule has 1 N–H and O–H groups in total. The Kier molecular flexibility index (Phi) is 7.08. The van der Waals surface area contributed by atoms with E-state index in [9.17, 15) is 14.4 Å². The maximum absolute atomic E-state index is 13.0. The first-order valence-electron chi connectivity index (χ1n) is 13.4. The molecule has 0 aliphatic carbocycles. The number of hydrogen-bond acceptors (Lipinski definition) is 6. The molecule has 0 radical (unpaired) electrons. The highest BCUT2D eigenvalue weighted by Crippen LogP contribution is 2.38. The summed E-state index contributed by atoms with van der Waals surface area (Å²) in [6, 6.07) is 13.5. The van der Waals surface area contributed by atoms with Crippen molar-refractivity contribution in [2.75, 3.05) is 26.2 Å². The molecule has 3 amide bonds. The van der Waals surface area contributed by atoms with Crippen molar-refractivity contribution in [3.05, 3.63) is 69.8 Å². The van der Waals surface area contributed by atoms with Crippen LogP contribution in [0, 0.1) is 0 Å². The summed E-state index contributed by atoms with van der Waals surface area (Å²) < 4.78 is 6.17. The average Bonchev–Trinajstić information content (AvgIpc) is 3.19. The molecule has 4 aliphatic heterocycles. The molecule has 2 aromatic carbocycles. The van der Waals surface area contributed by atoms with Gasteiger partial charge in [-0.3, -0.25) is 24.6 Å². The molecule has 39 heavy (non-hydrogen) atoms. The first-order chi connectivity index (χ1) is 18.6. The van der Waals surface area contributed by atoms with E-state index in [4.69, 9.17) is 16.3 Å². The van der Waals surface area contributed by atoms with E-state index in [1.165, 1.54) is 16.7 Å². The average molecular weight is 566 g/mol. The van der Waals surface area contributed by atoms with Crippen molar-refractivity contribution in [1.82, 2.24) is 15.1 Å². The summed E-state index contributed by atoms with van der Waals surface area (Å²) in [7, 11) is 0. The SMILES string of the molecule is CC1(C)CC(c2ccc(Cl)cc2)=C(CN2CC(Sc3ccc4c(c3)CN(C3CCC(=O)NC3=O)C4=O)C2)CO1. The van der Waals surface area contributed by atoms with E-state index in [2.05, 4.69) is 42.3 Å². The quantitative estimate of drug-likeness (QED) is 0.519. The van der Waals surface area contributed by atoms with E-state index in [0.717, 1.165) is 41.5 Å². The number of piperidine rings is 1. The van der Waals surface area contributed by atoms with Crippen molar-refractivity contribution >= 4 is 46.7 Å². The third-order valence-electron chi connectivity index (χ3n) is 7.99. The lowest BCUT2D eigenvalue weighted by Crippen LogP contribution is -2.52. The number of hydrogen-bond donors (Lipinski definition) is 1. The number of nitrogens with one attached hydrogen (secondary N) is 1. The minimum atomic E-state index is -0.583. The Morgan fingerprint density at radius 3 is 2.62 bits per heavy atom. The van der Waals surface area contributed by atoms with Crippen LogP contribution < -0.4 is 5.32 Å². The zero-order valence-corrected chi connectivity index (χ0v) is 23.7. The van der Waals surface area contributed by atoms with Gasteiger partial charge < -0.3 is 9.64 Å². The van der Waals surface area contributed by atoms with Crippen LogP contribution in [0.3, 0.4) is 0 Å². The van der Waals surface area contributed by atoms with E-state index in [1.807, 2.05) is 36.0 Å². The van der Waals surface area contributed by atoms with Crippen molar-refractivity contribution < 1.29 is 19.1 Å². The van der Waals surface area contributed by atoms with E-state index in [-0.39, 0.29) is 29.7 Å². The molecule has 0 aromatic heterocycles. The van der Waals surface area contributed by atoms with Crippen LogP contribution in [0.25, 0.3) is 5.57 Å². The molecule has 204 valence electrons. The molecule has 4 aliphatic rings. The number of rotatable bonds is 6. The van der Waals surface area contributed by atoms with E-state index >= 15 is 0 Å². The number of nitrogens with zero attached hydrogens (tertiary/aromatic N) is 2. The van der Waals surface area contributed by atoms with Crippen molar-refractivity contribution in [1.29, 1.82) is 0 Å². The predicted molar refractivity (Wildman–Crippen MR) is 152 cm³/mol. The van der Waals surface area contributed by atoms with Crippen LogP contribution in [-0.4, -0.2) is 70.7 Å². The van der Waals surface area contributed by atoms with Gasteiger partial charge in [-0.1, -0.05) is 23.7 Å². The fraction of sp³-hybridized carbons (Fsp3) is 0.433. The summed E-state index contributed by atoms with van der Waals surface area (Å²) in [5, 5.41) is 3.58. The standard InChI is InChI=1S/C30H32ClN3O4S/c1-30(2)12-25(18-3-5-21(31)6-4-18)20(17-38-30)13-33-15-23(16-33)39-22-7-8-24-19(11-22)14-34(29(24)37)26-9-10-27(35)32-28(26)36/h3-8,11,23,26H,9-10,12-17H2,1-2H3,(H,32,35,36). The normalized spacial score (nSPS) is 23.6. The fourth-order valence-corrected chi connectivity index (χ4v) is 7.32. The molecule has 0 spiro atoms. The molecule has 2 saturated heterocycles. The van der Waals surface area contributed by atoms with Gasteiger partial charge in [0, 0.05) is 59.8 Å². The van der Waals surface area contributed by atoms with Gasteiger partial charge in [0.25, 0.3) is 5.91 Å². The third kappa shape index (κ3) is 5.53. The maximum Gasteiger partial charge on any atom is 0.255 e. The fourth-order valence-electron chi connectivity index (χ4n) is 5.88. The number of halogens is 1. The molecule has 4 heterocycles. The van der Waals surface area contributed by atoms with Gasteiger partial charge >= 0.3 is 0 Å². The number of benzene rings is 2. The van der Waals surface area contributed by atoms with Gasteiger partial charge in [-0.25, -0.2) is 0 Å². The number of likely N-dealkylation sites (tertiary alicyclic amines) is 1. The molecular weight excluding hydrogens is 534 g/mol. The number of ether oxygens (including phenoxy) is 1. The zero-order chi connectivity index (χ0) is 27.3. The first-order valence-corrected chi connectivity index (χ1v) is 14.7. The van der Waals surface area contributed by atoms with Crippen LogP contribution in [0.5, 0.6) is 0 Å².